The van der Waals surface area contributed by atoms with Crippen molar-refractivity contribution in [2.75, 3.05) is 6.61 Å². The number of Topliss-reactive ketones (excluding diaryl/α,β-unsaturated/α-hetero) is 1. The van der Waals surface area contributed by atoms with Gasteiger partial charge in [-0.2, -0.15) is 0 Å². The number of hydrogen-bond donors (Lipinski definition) is 0. The number of allylic oxidation sites excluding steroid dienone is 4. The average molecular weight is 519 g/mol. The minimum Gasteiger partial charge on any atom is -0.457 e. The van der Waals surface area contributed by atoms with Crippen LogP contribution in [-0.4, -0.2) is 40.6 Å². The molecule has 4 aliphatic rings. The third kappa shape index (κ3) is 3.49. The van der Waals surface area contributed by atoms with Gasteiger partial charge in [0.25, 0.3) is 0 Å². The van der Waals surface area contributed by atoms with Crippen molar-refractivity contribution in [2.24, 2.45) is 34.5 Å². The van der Waals surface area contributed by atoms with Crippen LogP contribution in [0.25, 0.3) is 0 Å². The molecule has 36 heavy (non-hydrogen) atoms. The minimum atomic E-state index is -1.39. The van der Waals surface area contributed by atoms with Gasteiger partial charge in [-0.05, 0) is 55.6 Å². The van der Waals surface area contributed by atoms with E-state index in [-0.39, 0.29) is 48.1 Å². The summed E-state index contributed by atoms with van der Waals surface area (Å²) >= 11 is 7.73. The van der Waals surface area contributed by atoms with E-state index in [9.17, 15) is 19.2 Å². The molecule has 0 unspecified atom stereocenters. The highest BCUT2D eigenvalue weighted by Crippen LogP contribution is 2.73. The van der Waals surface area contributed by atoms with Crippen molar-refractivity contribution in [2.45, 2.75) is 90.5 Å². The molecule has 3 saturated carbocycles. The van der Waals surface area contributed by atoms with E-state index < -0.39 is 39.9 Å². The smallest absolute Gasteiger partial charge is 0.306 e. The predicted molar refractivity (Wildman–Crippen MR) is 136 cm³/mol. The molecular formula is C29H39ClO6. The molecule has 4 rings (SSSR count). The predicted octanol–water partition coefficient (Wildman–Crippen LogP) is 5.36. The largest absolute Gasteiger partial charge is 0.457 e. The normalized spacial score (nSPS) is 43.1. The molecule has 4 aliphatic carbocycles. The second-order valence-corrected chi connectivity index (χ2v) is 12.4. The second kappa shape index (κ2) is 9.11. The van der Waals surface area contributed by atoms with E-state index in [1.54, 1.807) is 26.0 Å². The molecule has 0 amide bonds. The zero-order valence-electron chi connectivity index (χ0n) is 22.3. The number of carbonyl (C=O) groups is 4. The summed E-state index contributed by atoms with van der Waals surface area (Å²) < 4.78 is 11.4. The monoisotopic (exact) mass is 518 g/mol. The lowest BCUT2D eigenvalue weighted by Crippen LogP contribution is -2.67. The Balaban J connectivity index is 1.80. The Morgan fingerprint density at radius 2 is 1.72 bits per heavy atom. The lowest BCUT2D eigenvalue weighted by molar-refractivity contribution is -0.199. The van der Waals surface area contributed by atoms with Crippen LogP contribution in [0, 0.1) is 34.5 Å². The van der Waals surface area contributed by atoms with Gasteiger partial charge < -0.3 is 9.47 Å². The molecule has 0 N–H and O–H groups in total. The lowest BCUT2D eigenvalue weighted by atomic mass is 9.44. The molecular weight excluding hydrogens is 480 g/mol. The molecule has 0 aliphatic heterocycles. The first kappa shape index (κ1) is 27.1. The van der Waals surface area contributed by atoms with Crippen LogP contribution >= 0.6 is 11.6 Å². The van der Waals surface area contributed by atoms with Crippen LogP contribution in [0.4, 0.5) is 0 Å². The first-order valence-electron chi connectivity index (χ1n) is 13.4. The van der Waals surface area contributed by atoms with Crippen molar-refractivity contribution < 1.29 is 28.7 Å². The van der Waals surface area contributed by atoms with Crippen LogP contribution in [0.1, 0.15) is 80.1 Å². The van der Waals surface area contributed by atoms with Gasteiger partial charge in [-0.15, -0.1) is 11.6 Å². The number of esters is 2. The average Bonchev–Trinajstić information content (AvgIpc) is 3.05. The molecule has 0 aromatic carbocycles. The van der Waals surface area contributed by atoms with E-state index in [2.05, 4.69) is 20.8 Å². The fraction of sp³-hybridized carbons (Fsp3) is 0.724. The van der Waals surface area contributed by atoms with Gasteiger partial charge in [0.05, 0.1) is 4.87 Å². The zero-order chi connectivity index (χ0) is 26.7. The first-order valence-corrected chi connectivity index (χ1v) is 13.7. The van der Waals surface area contributed by atoms with E-state index in [0.717, 1.165) is 18.4 Å². The Labute approximate surface area is 219 Å². The fourth-order valence-electron chi connectivity index (χ4n) is 8.52. The number of alkyl halides is 1. The number of ether oxygens (including phenoxy) is 2. The summed E-state index contributed by atoms with van der Waals surface area (Å²) in [7, 11) is 0. The van der Waals surface area contributed by atoms with E-state index in [0.29, 0.717) is 12.8 Å². The quantitative estimate of drug-likeness (QED) is 0.347. The topological polar surface area (TPSA) is 86.7 Å². The van der Waals surface area contributed by atoms with E-state index >= 15 is 0 Å². The molecule has 3 fully saturated rings. The van der Waals surface area contributed by atoms with Gasteiger partial charge in [0, 0.05) is 29.6 Å². The first-order chi connectivity index (χ1) is 16.8. The summed E-state index contributed by atoms with van der Waals surface area (Å²) in [6.45, 7) is 11.3. The van der Waals surface area contributed by atoms with Crippen LogP contribution in [0.3, 0.4) is 0 Å². The summed E-state index contributed by atoms with van der Waals surface area (Å²) in [6.07, 6.45) is 8.53. The summed E-state index contributed by atoms with van der Waals surface area (Å²) in [5.41, 5.74) is -1.45. The summed E-state index contributed by atoms with van der Waals surface area (Å²) in [5.74, 6) is -1.43. The zero-order valence-corrected chi connectivity index (χ0v) is 23.1. The number of fused-ring (bicyclic) bond motifs is 5. The Kier molecular flexibility index (Phi) is 6.86. The van der Waals surface area contributed by atoms with Crippen LogP contribution in [-0.2, 0) is 28.7 Å². The van der Waals surface area contributed by atoms with Crippen molar-refractivity contribution in [3.8, 4) is 0 Å². The summed E-state index contributed by atoms with van der Waals surface area (Å²) in [5, 5.41) is 0. The van der Waals surface area contributed by atoms with Gasteiger partial charge in [-0.3, -0.25) is 19.2 Å². The molecule has 0 saturated heterocycles. The van der Waals surface area contributed by atoms with Gasteiger partial charge in [-0.25, -0.2) is 0 Å². The maximum atomic E-state index is 13.9. The number of halogens is 1. The van der Waals surface area contributed by atoms with Crippen LogP contribution in [0.2, 0.25) is 0 Å². The molecule has 0 bridgehead atoms. The fourth-order valence-corrected chi connectivity index (χ4v) is 9.05. The molecule has 0 aromatic rings. The maximum Gasteiger partial charge on any atom is 0.306 e. The molecule has 8 atom stereocenters. The van der Waals surface area contributed by atoms with Gasteiger partial charge in [-0.1, -0.05) is 53.2 Å². The molecule has 0 aromatic heterocycles. The van der Waals surface area contributed by atoms with E-state index in [4.69, 9.17) is 21.1 Å². The number of hydrogen-bond acceptors (Lipinski definition) is 6. The van der Waals surface area contributed by atoms with Gasteiger partial charge >= 0.3 is 11.9 Å². The Morgan fingerprint density at radius 3 is 2.36 bits per heavy atom. The SMILES string of the molecule is CCC(=O)OCC(=O)[C@@]1(OC(=O)CC)[C@@H](C)C[C@H]2[C@@H]3CCC4=CC(=O)C=C[C@]4(C)[C@@]3(Cl)[C@@H](C)C[C@@]21C. The molecule has 0 radical (unpaired) electrons. The molecule has 7 heteroatoms. The molecule has 198 valence electrons. The van der Waals surface area contributed by atoms with Crippen LogP contribution in [0.5, 0.6) is 0 Å². The highest BCUT2D eigenvalue weighted by Gasteiger charge is 2.75. The molecule has 0 heterocycles. The van der Waals surface area contributed by atoms with Crippen LogP contribution < -0.4 is 0 Å². The third-order valence-electron chi connectivity index (χ3n) is 10.2. The maximum absolute atomic E-state index is 13.9. The van der Waals surface area contributed by atoms with Gasteiger partial charge in [0.2, 0.25) is 5.78 Å². The number of ketones is 2. The van der Waals surface area contributed by atoms with Crippen LogP contribution in [0.15, 0.2) is 23.8 Å². The summed E-state index contributed by atoms with van der Waals surface area (Å²) in [6, 6.07) is 0. The number of rotatable bonds is 6. The van der Waals surface area contributed by atoms with Crippen molar-refractivity contribution in [1.82, 2.24) is 0 Å². The van der Waals surface area contributed by atoms with Gasteiger partial charge in [0.1, 0.15) is 0 Å². The lowest BCUT2D eigenvalue weighted by Gasteiger charge is -2.65. The van der Waals surface area contributed by atoms with E-state index in [1.807, 2.05) is 13.0 Å². The highest BCUT2D eigenvalue weighted by atomic mass is 35.5. The summed E-state index contributed by atoms with van der Waals surface area (Å²) in [4.78, 5) is 50.1. The third-order valence-corrected chi connectivity index (χ3v) is 11.2. The van der Waals surface area contributed by atoms with Crippen molar-refractivity contribution >= 4 is 35.1 Å². The van der Waals surface area contributed by atoms with E-state index in [1.165, 1.54) is 0 Å². The van der Waals surface area contributed by atoms with Crippen molar-refractivity contribution in [3.63, 3.8) is 0 Å². The van der Waals surface area contributed by atoms with Crippen molar-refractivity contribution in [1.29, 1.82) is 0 Å². The van der Waals surface area contributed by atoms with Gasteiger partial charge in [0.15, 0.2) is 18.0 Å². The molecule has 0 spiro atoms. The Bertz CT molecular complexity index is 1050. The van der Waals surface area contributed by atoms with Crippen molar-refractivity contribution in [3.05, 3.63) is 23.8 Å². The standard InChI is InChI=1S/C29H39ClO6/c1-7-24(33)35-16-23(32)29(36-25(34)8-2)17(3)13-22-21-10-9-19-14-20(31)11-12-26(19,5)28(21,30)18(4)15-27(22,29)6/h11-12,14,17-18,21-22H,7-10,13,15-16H2,1-6H3/t17-,18-,21-,22-,26-,27-,28+,29-/m0/s1. The highest BCUT2D eigenvalue weighted by molar-refractivity contribution is 6.26. The second-order valence-electron chi connectivity index (χ2n) is 11.8. The Hall–Kier alpha value is -1.95. The minimum absolute atomic E-state index is 0.00157. The number of carbonyl (C=O) groups excluding carboxylic acids is 4. The Morgan fingerprint density at radius 1 is 1.06 bits per heavy atom. The molecule has 6 nitrogen and oxygen atoms in total.